The van der Waals surface area contributed by atoms with Crippen LogP contribution in [0, 0.1) is 29.1 Å². The number of fused-ring (bicyclic) bond motifs is 2. The first-order valence-corrected chi connectivity index (χ1v) is 7.27. The van der Waals surface area contributed by atoms with Gasteiger partial charge in [0.05, 0.1) is 6.61 Å². The van der Waals surface area contributed by atoms with Crippen LogP contribution in [0.3, 0.4) is 0 Å². The Labute approximate surface area is 116 Å². The van der Waals surface area contributed by atoms with Crippen LogP contribution in [0.2, 0.25) is 0 Å². The summed E-state index contributed by atoms with van der Waals surface area (Å²) in [5.74, 6) is 2.44. The Morgan fingerprint density at radius 1 is 1.47 bits per heavy atom. The highest BCUT2D eigenvalue weighted by atomic mass is 16.7. The molecule has 0 N–H and O–H groups in total. The lowest BCUT2D eigenvalue weighted by Crippen LogP contribution is -2.46. The maximum atomic E-state index is 12.1. The number of carbonyl (C=O) groups excluding carboxylic acids is 1. The van der Waals surface area contributed by atoms with Gasteiger partial charge in [0.25, 0.3) is 0 Å². The number of hydrogen-bond donors (Lipinski definition) is 0. The van der Waals surface area contributed by atoms with Gasteiger partial charge in [0, 0.05) is 18.9 Å². The average molecular weight is 266 g/mol. The molecule has 2 bridgehead atoms. The molecule has 0 spiro atoms. The number of ketones is 1. The summed E-state index contributed by atoms with van der Waals surface area (Å²) in [6, 6.07) is 0. The molecule has 3 heteroatoms. The average Bonchev–Trinajstić information content (AvgIpc) is 2.36. The van der Waals surface area contributed by atoms with Crippen LogP contribution in [-0.4, -0.2) is 26.3 Å². The molecule has 0 unspecified atom stereocenters. The van der Waals surface area contributed by atoms with Crippen molar-refractivity contribution in [2.24, 2.45) is 29.1 Å². The van der Waals surface area contributed by atoms with Gasteiger partial charge in [0.1, 0.15) is 12.6 Å². The van der Waals surface area contributed by atoms with Gasteiger partial charge in [-0.05, 0) is 37.0 Å². The highest BCUT2D eigenvalue weighted by Gasteiger charge is 2.48. The van der Waals surface area contributed by atoms with Crippen LogP contribution >= 0.6 is 0 Å². The van der Waals surface area contributed by atoms with E-state index in [1.54, 1.807) is 7.11 Å². The Hall–Kier alpha value is -0.670. The Kier molecular flexibility index (Phi) is 4.46. The number of Topliss-reactive ketones (excluding diaryl/α,β-unsaturated/α-hetero) is 1. The zero-order chi connectivity index (χ0) is 14.0. The molecule has 3 aliphatic rings. The fourth-order valence-electron chi connectivity index (χ4n) is 3.61. The second-order valence-electron chi connectivity index (χ2n) is 6.62. The van der Waals surface area contributed by atoms with E-state index < -0.39 is 0 Å². The van der Waals surface area contributed by atoms with Gasteiger partial charge < -0.3 is 9.47 Å². The third-order valence-corrected chi connectivity index (χ3v) is 4.90. The molecule has 4 atom stereocenters. The molecule has 0 aromatic heterocycles. The number of allylic oxidation sites excluding steroid dienone is 2. The van der Waals surface area contributed by atoms with Crippen LogP contribution in [0.1, 0.15) is 33.6 Å². The summed E-state index contributed by atoms with van der Waals surface area (Å²) >= 11 is 0. The third kappa shape index (κ3) is 2.92. The minimum atomic E-state index is -0.228. The van der Waals surface area contributed by atoms with E-state index in [0.717, 1.165) is 13.0 Å². The molecule has 0 heterocycles. The standard InChI is InChI=1S/C16H26O3/c1-11(2)14(9-19-10-18-4)13-8-16(3)6-5-12(13)7-15(16)17/h5-6,11-14H,7-10H2,1-4H3/t12-,13+,14+,16+/m0/s1. The van der Waals surface area contributed by atoms with Gasteiger partial charge in [-0.3, -0.25) is 4.79 Å². The molecule has 1 fully saturated rings. The Balaban J connectivity index is 2.07. The minimum absolute atomic E-state index is 0.228. The van der Waals surface area contributed by atoms with Crippen LogP contribution in [0.5, 0.6) is 0 Å². The molecular weight excluding hydrogens is 240 g/mol. The lowest BCUT2D eigenvalue weighted by molar-refractivity contribution is -0.134. The SMILES string of the molecule is COCOC[C@H](C(C)C)[C@@H]1C[C@@]2(C)C=C[C@H]1CC2=O. The summed E-state index contributed by atoms with van der Waals surface area (Å²) < 4.78 is 10.6. The molecule has 108 valence electrons. The maximum Gasteiger partial charge on any atom is 0.146 e. The number of carbonyl (C=O) groups is 1. The molecule has 0 aromatic rings. The molecule has 0 saturated heterocycles. The maximum absolute atomic E-state index is 12.1. The second kappa shape index (κ2) is 5.76. The van der Waals surface area contributed by atoms with Crippen molar-refractivity contribution in [2.75, 3.05) is 20.5 Å². The molecule has 0 aromatic carbocycles. The highest BCUT2D eigenvalue weighted by Crippen LogP contribution is 2.50. The minimum Gasteiger partial charge on any atom is -0.359 e. The van der Waals surface area contributed by atoms with Crippen molar-refractivity contribution < 1.29 is 14.3 Å². The molecule has 3 nitrogen and oxygen atoms in total. The quantitative estimate of drug-likeness (QED) is 0.421. The van der Waals surface area contributed by atoms with E-state index in [1.807, 2.05) is 0 Å². The monoisotopic (exact) mass is 266 g/mol. The van der Waals surface area contributed by atoms with Crippen molar-refractivity contribution in [2.45, 2.75) is 33.6 Å². The predicted octanol–water partition coefficient (Wildman–Crippen LogP) is 3.05. The van der Waals surface area contributed by atoms with Crippen molar-refractivity contribution in [3.63, 3.8) is 0 Å². The summed E-state index contributed by atoms with van der Waals surface area (Å²) in [5.41, 5.74) is -0.228. The Morgan fingerprint density at radius 2 is 2.21 bits per heavy atom. The molecule has 1 saturated carbocycles. The molecule has 0 radical (unpaired) electrons. The molecule has 19 heavy (non-hydrogen) atoms. The highest BCUT2D eigenvalue weighted by molar-refractivity contribution is 5.88. The van der Waals surface area contributed by atoms with Crippen LogP contribution in [-0.2, 0) is 14.3 Å². The lowest BCUT2D eigenvalue weighted by atomic mass is 9.56. The van der Waals surface area contributed by atoms with Crippen molar-refractivity contribution in [1.82, 2.24) is 0 Å². The molecule has 0 aliphatic heterocycles. The smallest absolute Gasteiger partial charge is 0.146 e. The first-order valence-electron chi connectivity index (χ1n) is 7.27. The predicted molar refractivity (Wildman–Crippen MR) is 74.6 cm³/mol. The van der Waals surface area contributed by atoms with Gasteiger partial charge in [0.15, 0.2) is 0 Å². The zero-order valence-electron chi connectivity index (χ0n) is 12.5. The van der Waals surface area contributed by atoms with E-state index in [9.17, 15) is 4.79 Å². The van der Waals surface area contributed by atoms with Crippen molar-refractivity contribution in [1.29, 1.82) is 0 Å². The number of hydrogen-bond acceptors (Lipinski definition) is 3. The number of methoxy groups -OCH3 is 1. The molecule has 0 amide bonds. The van der Waals surface area contributed by atoms with E-state index in [2.05, 4.69) is 32.9 Å². The van der Waals surface area contributed by atoms with Gasteiger partial charge >= 0.3 is 0 Å². The lowest BCUT2D eigenvalue weighted by Gasteiger charge is -2.47. The van der Waals surface area contributed by atoms with E-state index >= 15 is 0 Å². The first-order chi connectivity index (χ1) is 8.98. The summed E-state index contributed by atoms with van der Waals surface area (Å²) in [6.45, 7) is 7.66. The first kappa shape index (κ1) is 14.7. The summed E-state index contributed by atoms with van der Waals surface area (Å²) in [6.07, 6.45) is 6.09. The topological polar surface area (TPSA) is 35.5 Å². The van der Waals surface area contributed by atoms with Crippen molar-refractivity contribution in [3.05, 3.63) is 12.2 Å². The van der Waals surface area contributed by atoms with Crippen LogP contribution in [0.15, 0.2) is 12.2 Å². The molecular formula is C16H26O3. The van der Waals surface area contributed by atoms with Crippen molar-refractivity contribution in [3.8, 4) is 0 Å². The Morgan fingerprint density at radius 3 is 2.74 bits per heavy atom. The van der Waals surface area contributed by atoms with Crippen molar-refractivity contribution >= 4 is 5.78 Å². The summed E-state index contributed by atoms with van der Waals surface area (Å²) in [4.78, 5) is 12.1. The zero-order valence-corrected chi connectivity index (χ0v) is 12.5. The van der Waals surface area contributed by atoms with Gasteiger partial charge in [-0.15, -0.1) is 0 Å². The number of rotatable bonds is 6. The van der Waals surface area contributed by atoms with E-state index in [4.69, 9.17) is 9.47 Å². The van der Waals surface area contributed by atoms with Crippen LogP contribution in [0.4, 0.5) is 0 Å². The largest absolute Gasteiger partial charge is 0.359 e. The van der Waals surface area contributed by atoms with E-state index in [1.165, 1.54) is 0 Å². The molecule has 3 rings (SSSR count). The molecule has 3 aliphatic carbocycles. The van der Waals surface area contributed by atoms with Gasteiger partial charge in [-0.25, -0.2) is 0 Å². The van der Waals surface area contributed by atoms with Gasteiger partial charge in [-0.1, -0.05) is 26.0 Å². The normalized spacial score (nSPS) is 35.1. The fraction of sp³-hybridized carbons (Fsp3) is 0.812. The Bertz CT molecular complexity index is 361. The third-order valence-electron chi connectivity index (χ3n) is 4.90. The van der Waals surface area contributed by atoms with Gasteiger partial charge in [0.2, 0.25) is 0 Å². The van der Waals surface area contributed by atoms with Crippen LogP contribution < -0.4 is 0 Å². The second-order valence-corrected chi connectivity index (χ2v) is 6.62. The van der Waals surface area contributed by atoms with Crippen LogP contribution in [0.25, 0.3) is 0 Å². The van der Waals surface area contributed by atoms with E-state index in [0.29, 0.717) is 42.7 Å². The summed E-state index contributed by atoms with van der Waals surface area (Å²) in [7, 11) is 1.65. The van der Waals surface area contributed by atoms with Gasteiger partial charge in [-0.2, -0.15) is 0 Å². The fourth-order valence-corrected chi connectivity index (χ4v) is 3.61. The summed E-state index contributed by atoms with van der Waals surface area (Å²) in [5, 5.41) is 0. The number of ether oxygens (including phenoxy) is 2. The van der Waals surface area contributed by atoms with E-state index in [-0.39, 0.29) is 5.41 Å².